The van der Waals surface area contributed by atoms with Crippen LogP contribution >= 0.6 is 0 Å². The van der Waals surface area contributed by atoms with Crippen molar-refractivity contribution < 1.29 is 9.53 Å². The normalized spacial score (nSPS) is 12.1. The predicted molar refractivity (Wildman–Crippen MR) is 102 cm³/mol. The largest absolute Gasteiger partial charge is 0.493 e. The molecule has 2 aromatic carbocycles. The van der Waals surface area contributed by atoms with Gasteiger partial charge in [-0.25, -0.2) is 9.67 Å². The lowest BCUT2D eigenvalue weighted by molar-refractivity contribution is 0.0930. The topological polar surface area (TPSA) is 84.8 Å². The monoisotopic (exact) mass is 361 g/mol. The number of hydrogen-bond acceptors (Lipinski definition) is 4. The first kappa shape index (κ1) is 16.8. The molecule has 2 aromatic heterocycles. The number of carbonyl (C=O) groups is 1. The Hall–Kier alpha value is -3.61. The summed E-state index contributed by atoms with van der Waals surface area (Å²) in [4.78, 5) is 20.5. The molecule has 7 nitrogen and oxygen atoms in total. The van der Waals surface area contributed by atoms with Crippen molar-refractivity contribution in [2.75, 3.05) is 7.11 Å². The van der Waals surface area contributed by atoms with E-state index in [1.807, 2.05) is 61.5 Å². The molecule has 1 unspecified atom stereocenters. The Morgan fingerprint density at radius 1 is 1.15 bits per heavy atom. The molecule has 27 heavy (non-hydrogen) atoms. The van der Waals surface area contributed by atoms with Crippen LogP contribution in [0.25, 0.3) is 16.7 Å². The maximum absolute atomic E-state index is 12.8. The first-order chi connectivity index (χ1) is 13.2. The van der Waals surface area contributed by atoms with Gasteiger partial charge >= 0.3 is 0 Å². The Kier molecular flexibility index (Phi) is 4.33. The summed E-state index contributed by atoms with van der Waals surface area (Å²) >= 11 is 0. The van der Waals surface area contributed by atoms with Gasteiger partial charge in [0.1, 0.15) is 5.82 Å². The van der Waals surface area contributed by atoms with Crippen LogP contribution < -0.4 is 10.1 Å². The molecule has 4 rings (SSSR count). The van der Waals surface area contributed by atoms with Crippen LogP contribution in [0.3, 0.4) is 0 Å². The summed E-state index contributed by atoms with van der Waals surface area (Å²) in [7, 11) is 1.52. The van der Waals surface area contributed by atoms with Crippen molar-refractivity contribution in [3.8, 4) is 11.4 Å². The van der Waals surface area contributed by atoms with E-state index < -0.39 is 0 Å². The van der Waals surface area contributed by atoms with Crippen molar-refractivity contribution in [3.05, 3.63) is 72.3 Å². The lowest BCUT2D eigenvalue weighted by atomic mass is 10.3. The highest BCUT2D eigenvalue weighted by Gasteiger charge is 2.21. The molecule has 1 atom stereocenters. The first-order valence-electron chi connectivity index (χ1n) is 8.60. The molecule has 0 aliphatic rings. The van der Waals surface area contributed by atoms with Crippen LogP contribution in [0.1, 0.15) is 29.3 Å². The average Bonchev–Trinajstić information content (AvgIpc) is 3.33. The van der Waals surface area contributed by atoms with Crippen molar-refractivity contribution in [3.63, 3.8) is 0 Å². The first-order valence-corrected chi connectivity index (χ1v) is 8.60. The van der Waals surface area contributed by atoms with Gasteiger partial charge in [0.05, 0.1) is 36.1 Å². The summed E-state index contributed by atoms with van der Waals surface area (Å²) < 4.78 is 6.96. The number of methoxy groups -OCH3 is 1. The number of carbonyl (C=O) groups excluding carboxylic acids is 1. The number of ether oxygens (including phenoxy) is 1. The van der Waals surface area contributed by atoms with Crippen molar-refractivity contribution >= 4 is 16.9 Å². The zero-order chi connectivity index (χ0) is 18.8. The minimum atomic E-state index is -0.325. The summed E-state index contributed by atoms with van der Waals surface area (Å²) in [6.45, 7) is 1.87. The molecule has 1 amide bonds. The molecular formula is C20H19N5O2. The van der Waals surface area contributed by atoms with Gasteiger partial charge in [0.25, 0.3) is 5.91 Å². The van der Waals surface area contributed by atoms with Crippen molar-refractivity contribution in [1.29, 1.82) is 0 Å². The highest BCUT2D eigenvalue weighted by molar-refractivity contribution is 5.95. The van der Waals surface area contributed by atoms with Gasteiger partial charge in [0, 0.05) is 0 Å². The van der Waals surface area contributed by atoms with Gasteiger partial charge in [0.2, 0.25) is 0 Å². The number of nitrogens with zero attached hydrogens (tertiary/aromatic N) is 3. The van der Waals surface area contributed by atoms with E-state index in [4.69, 9.17) is 4.74 Å². The number of aromatic amines is 1. The number of imidazole rings is 1. The van der Waals surface area contributed by atoms with Crippen molar-refractivity contribution in [1.82, 2.24) is 25.1 Å². The standard InChI is InChI=1S/C20H19N5O2/c1-13(19-22-15-10-6-7-11-16(15)23-19)21-20(26)18-17(27-2)12-25(24-18)14-8-4-3-5-9-14/h3-13H,1-2H3,(H,21,26)(H,22,23). The molecule has 0 saturated heterocycles. The van der Waals surface area contributed by atoms with Crippen LogP contribution in [-0.4, -0.2) is 32.8 Å². The molecule has 7 heteroatoms. The summed E-state index contributed by atoms with van der Waals surface area (Å²) in [6.07, 6.45) is 1.69. The molecule has 136 valence electrons. The third-order valence-corrected chi connectivity index (χ3v) is 4.30. The Morgan fingerprint density at radius 2 is 1.89 bits per heavy atom. The van der Waals surface area contributed by atoms with Crippen molar-refractivity contribution in [2.24, 2.45) is 0 Å². The van der Waals surface area contributed by atoms with Crippen LogP contribution in [0.15, 0.2) is 60.8 Å². The van der Waals surface area contributed by atoms with Gasteiger partial charge in [-0.15, -0.1) is 0 Å². The number of hydrogen-bond donors (Lipinski definition) is 2. The van der Waals surface area contributed by atoms with E-state index in [1.165, 1.54) is 7.11 Å². The highest BCUT2D eigenvalue weighted by atomic mass is 16.5. The predicted octanol–water partition coefficient (Wildman–Crippen LogP) is 3.25. The summed E-state index contributed by atoms with van der Waals surface area (Å²) in [6, 6.07) is 17.0. The minimum Gasteiger partial charge on any atom is -0.493 e. The van der Waals surface area contributed by atoms with Gasteiger partial charge in [-0.3, -0.25) is 4.79 Å². The second kappa shape index (κ2) is 6.95. The van der Waals surface area contributed by atoms with Crippen LogP contribution in [0.2, 0.25) is 0 Å². The Labute approximate surface area is 156 Å². The molecule has 0 aliphatic carbocycles. The highest BCUT2D eigenvalue weighted by Crippen LogP contribution is 2.21. The number of aromatic nitrogens is 4. The van der Waals surface area contributed by atoms with Crippen LogP contribution in [0, 0.1) is 0 Å². The summed E-state index contributed by atoms with van der Waals surface area (Å²) in [5, 5.41) is 7.31. The Morgan fingerprint density at radius 3 is 2.63 bits per heavy atom. The second-order valence-corrected chi connectivity index (χ2v) is 6.16. The molecule has 0 aliphatic heterocycles. The molecule has 2 heterocycles. The van der Waals surface area contributed by atoms with E-state index in [-0.39, 0.29) is 17.6 Å². The molecule has 4 aromatic rings. The number of benzene rings is 2. The van der Waals surface area contributed by atoms with Crippen LogP contribution in [-0.2, 0) is 0 Å². The van der Waals surface area contributed by atoms with E-state index in [0.717, 1.165) is 16.7 Å². The number of rotatable bonds is 5. The van der Waals surface area contributed by atoms with Crippen LogP contribution in [0.5, 0.6) is 5.75 Å². The molecule has 0 saturated carbocycles. The second-order valence-electron chi connectivity index (χ2n) is 6.16. The van der Waals surface area contributed by atoms with Gasteiger partial charge in [-0.2, -0.15) is 5.10 Å². The van der Waals surface area contributed by atoms with E-state index >= 15 is 0 Å². The van der Waals surface area contributed by atoms with Crippen molar-refractivity contribution in [2.45, 2.75) is 13.0 Å². The van der Waals surface area contributed by atoms with Gasteiger partial charge in [-0.05, 0) is 31.2 Å². The zero-order valence-electron chi connectivity index (χ0n) is 15.0. The van der Waals surface area contributed by atoms with Gasteiger partial charge in [-0.1, -0.05) is 30.3 Å². The lowest BCUT2D eigenvalue weighted by Crippen LogP contribution is -2.28. The molecular weight excluding hydrogens is 342 g/mol. The van der Waals surface area contributed by atoms with E-state index in [0.29, 0.717) is 11.6 Å². The number of fused-ring (bicyclic) bond motifs is 1. The number of amides is 1. The number of nitrogens with one attached hydrogen (secondary N) is 2. The van der Waals surface area contributed by atoms with E-state index in [1.54, 1.807) is 10.9 Å². The SMILES string of the molecule is COc1cn(-c2ccccc2)nc1C(=O)NC(C)c1nc2ccccc2[nH]1. The Bertz CT molecular complexity index is 1050. The van der Waals surface area contributed by atoms with Gasteiger partial charge < -0.3 is 15.0 Å². The fourth-order valence-corrected chi connectivity index (χ4v) is 2.89. The van der Waals surface area contributed by atoms with E-state index in [9.17, 15) is 4.79 Å². The zero-order valence-corrected chi connectivity index (χ0v) is 15.0. The molecule has 0 radical (unpaired) electrons. The van der Waals surface area contributed by atoms with E-state index in [2.05, 4.69) is 20.4 Å². The molecule has 0 fully saturated rings. The molecule has 0 spiro atoms. The molecule has 0 bridgehead atoms. The summed E-state index contributed by atoms with van der Waals surface area (Å²) in [5.41, 5.74) is 2.86. The maximum Gasteiger partial charge on any atom is 0.276 e. The quantitative estimate of drug-likeness (QED) is 0.571. The third-order valence-electron chi connectivity index (χ3n) is 4.30. The minimum absolute atomic E-state index is 0.226. The smallest absolute Gasteiger partial charge is 0.276 e. The third kappa shape index (κ3) is 3.27. The summed E-state index contributed by atoms with van der Waals surface area (Å²) in [5.74, 6) is 0.772. The number of H-pyrrole nitrogens is 1. The van der Waals surface area contributed by atoms with Crippen LogP contribution in [0.4, 0.5) is 0 Å². The maximum atomic E-state index is 12.8. The lowest BCUT2D eigenvalue weighted by Gasteiger charge is -2.10. The number of para-hydroxylation sites is 3. The Balaban J connectivity index is 1.58. The molecule has 2 N–H and O–H groups in total. The fraction of sp³-hybridized carbons (Fsp3) is 0.150. The fourth-order valence-electron chi connectivity index (χ4n) is 2.89. The van der Waals surface area contributed by atoms with Gasteiger partial charge in [0.15, 0.2) is 11.4 Å². The average molecular weight is 361 g/mol.